The number of nitrogens with zero attached hydrogens (tertiary/aromatic N) is 6. The van der Waals surface area contributed by atoms with E-state index in [0.717, 1.165) is 70.2 Å². The van der Waals surface area contributed by atoms with Crippen LogP contribution in [0.2, 0.25) is 0 Å². The smallest absolute Gasteiger partial charge is 0.225 e. The first-order chi connectivity index (χ1) is 15.7. The summed E-state index contributed by atoms with van der Waals surface area (Å²) in [5, 5.41) is 4.72. The zero-order valence-corrected chi connectivity index (χ0v) is 18.8. The van der Waals surface area contributed by atoms with E-state index in [1.165, 1.54) is 5.56 Å². The molecule has 0 aliphatic carbocycles. The normalized spacial score (nSPS) is 18.8. The molecule has 2 aromatic heterocycles. The van der Waals surface area contributed by atoms with Crippen LogP contribution in [0.25, 0.3) is 11.5 Å². The van der Waals surface area contributed by atoms with Crippen molar-refractivity contribution in [2.45, 2.75) is 19.4 Å². The number of benzene rings is 1. The van der Waals surface area contributed by atoms with Crippen LogP contribution in [0.1, 0.15) is 18.4 Å². The van der Waals surface area contributed by atoms with Crippen molar-refractivity contribution in [1.29, 1.82) is 0 Å². The van der Waals surface area contributed by atoms with E-state index in [1.54, 1.807) is 0 Å². The Hall–Kier alpha value is -2.90. The molecule has 32 heavy (non-hydrogen) atoms. The molecule has 7 heteroatoms. The van der Waals surface area contributed by atoms with Gasteiger partial charge in [-0.1, -0.05) is 18.2 Å². The van der Waals surface area contributed by atoms with Crippen molar-refractivity contribution in [2.24, 2.45) is 5.92 Å². The van der Waals surface area contributed by atoms with Crippen molar-refractivity contribution in [2.75, 3.05) is 46.3 Å². The molecule has 0 unspecified atom stereocenters. The predicted octanol–water partition coefficient (Wildman–Crippen LogP) is 2.65. The minimum atomic E-state index is 0.172. The molecule has 2 fully saturated rings. The number of piperidine rings is 1. The van der Waals surface area contributed by atoms with Gasteiger partial charge in [-0.15, -0.1) is 0 Å². The molecule has 1 aromatic carbocycles. The van der Waals surface area contributed by atoms with Gasteiger partial charge in [0.15, 0.2) is 0 Å². The Labute approximate surface area is 189 Å². The maximum absolute atomic E-state index is 13.0. The number of para-hydroxylation sites is 1. The van der Waals surface area contributed by atoms with Gasteiger partial charge in [0.25, 0.3) is 0 Å². The highest BCUT2D eigenvalue weighted by Gasteiger charge is 2.30. The largest absolute Gasteiger partial charge is 0.340 e. The number of carbonyl (C=O) groups excluding carboxylic acids is 1. The summed E-state index contributed by atoms with van der Waals surface area (Å²) < 4.78 is 4.15. The quantitative estimate of drug-likeness (QED) is 0.622. The Kier molecular flexibility index (Phi) is 6.10. The number of carbonyl (C=O) groups is 1. The fourth-order valence-corrected chi connectivity index (χ4v) is 4.86. The maximum atomic E-state index is 13.0. The lowest BCUT2D eigenvalue weighted by Crippen LogP contribution is -2.50. The lowest BCUT2D eigenvalue weighted by molar-refractivity contribution is -0.138. The average Bonchev–Trinajstić information content (AvgIpc) is 3.50. The molecule has 2 saturated heterocycles. The zero-order valence-electron chi connectivity index (χ0n) is 18.8. The molecule has 0 bridgehead atoms. The highest BCUT2D eigenvalue weighted by atomic mass is 16.2. The van der Waals surface area contributed by atoms with Gasteiger partial charge in [-0.2, -0.15) is 5.10 Å². The summed E-state index contributed by atoms with van der Waals surface area (Å²) in [4.78, 5) is 19.8. The Morgan fingerprint density at radius 3 is 2.31 bits per heavy atom. The van der Waals surface area contributed by atoms with Gasteiger partial charge in [0.1, 0.15) is 5.82 Å². The highest BCUT2D eigenvalue weighted by molar-refractivity contribution is 5.79. The van der Waals surface area contributed by atoms with E-state index in [9.17, 15) is 4.79 Å². The van der Waals surface area contributed by atoms with Gasteiger partial charge >= 0.3 is 0 Å². The topological polar surface area (TPSA) is 49.5 Å². The van der Waals surface area contributed by atoms with Crippen molar-refractivity contribution in [3.8, 4) is 11.5 Å². The SMILES string of the molecule is CN1CCN(C(=O)C2CCN(Cc3cnn(-c4ccccc4)c3-n3cccc3)CC2)CC1. The van der Waals surface area contributed by atoms with Gasteiger partial charge in [0.2, 0.25) is 5.91 Å². The molecular formula is C25H32N6O. The summed E-state index contributed by atoms with van der Waals surface area (Å²) in [7, 11) is 2.13. The van der Waals surface area contributed by atoms with Crippen molar-refractivity contribution in [3.05, 3.63) is 66.6 Å². The number of aromatic nitrogens is 3. The van der Waals surface area contributed by atoms with Crippen molar-refractivity contribution < 1.29 is 4.79 Å². The van der Waals surface area contributed by atoms with Crippen LogP contribution in [0.5, 0.6) is 0 Å². The molecule has 2 aliphatic rings. The minimum absolute atomic E-state index is 0.172. The molecular weight excluding hydrogens is 400 g/mol. The third kappa shape index (κ3) is 4.36. The average molecular weight is 433 g/mol. The second kappa shape index (κ2) is 9.30. The second-order valence-electron chi connectivity index (χ2n) is 9.01. The number of rotatable bonds is 5. The van der Waals surface area contributed by atoms with Crippen LogP contribution in [-0.2, 0) is 11.3 Å². The molecule has 0 atom stereocenters. The van der Waals surface area contributed by atoms with E-state index in [-0.39, 0.29) is 5.92 Å². The number of likely N-dealkylation sites (tertiary alicyclic amines) is 1. The first-order valence-electron chi connectivity index (χ1n) is 11.6. The summed E-state index contributed by atoms with van der Waals surface area (Å²) in [6, 6.07) is 14.4. The monoisotopic (exact) mass is 432 g/mol. The van der Waals surface area contributed by atoms with Crippen LogP contribution in [-0.4, -0.2) is 81.3 Å². The maximum Gasteiger partial charge on any atom is 0.225 e. The summed E-state index contributed by atoms with van der Waals surface area (Å²) in [6.45, 7) is 6.45. The van der Waals surface area contributed by atoms with E-state index < -0.39 is 0 Å². The Morgan fingerprint density at radius 1 is 0.938 bits per heavy atom. The summed E-state index contributed by atoms with van der Waals surface area (Å²) >= 11 is 0. The predicted molar refractivity (Wildman–Crippen MR) is 125 cm³/mol. The van der Waals surface area contributed by atoms with Gasteiger partial charge in [0, 0.05) is 56.6 Å². The van der Waals surface area contributed by atoms with E-state index >= 15 is 0 Å². The molecule has 0 N–H and O–H groups in total. The van der Waals surface area contributed by atoms with Gasteiger partial charge in [-0.05, 0) is 57.2 Å². The number of hydrogen-bond donors (Lipinski definition) is 0. The molecule has 4 heterocycles. The molecule has 0 radical (unpaired) electrons. The van der Waals surface area contributed by atoms with Crippen molar-refractivity contribution in [1.82, 2.24) is 29.0 Å². The Balaban J connectivity index is 1.27. The van der Waals surface area contributed by atoms with E-state index in [1.807, 2.05) is 41.2 Å². The first kappa shape index (κ1) is 21.0. The van der Waals surface area contributed by atoms with Gasteiger partial charge in [-0.3, -0.25) is 9.69 Å². The van der Waals surface area contributed by atoms with Gasteiger partial charge < -0.3 is 14.4 Å². The third-order valence-corrected chi connectivity index (χ3v) is 6.81. The van der Waals surface area contributed by atoms with Crippen LogP contribution in [0.4, 0.5) is 0 Å². The summed E-state index contributed by atoms with van der Waals surface area (Å²) in [6.07, 6.45) is 8.01. The van der Waals surface area contributed by atoms with Crippen LogP contribution in [0.15, 0.2) is 61.1 Å². The molecule has 168 valence electrons. The standard InChI is InChI=1S/C25H32N6O/c1-27-15-17-30(18-16-27)25(32)21-9-13-28(14-10-21)20-22-19-26-31(23-7-3-2-4-8-23)24(22)29-11-5-6-12-29/h2-8,11-12,19,21H,9-10,13-18,20H2,1H3. The zero-order chi connectivity index (χ0) is 21.9. The van der Waals surface area contributed by atoms with Gasteiger partial charge in [-0.25, -0.2) is 4.68 Å². The van der Waals surface area contributed by atoms with E-state index in [4.69, 9.17) is 5.10 Å². The molecule has 3 aromatic rings. The van der Waals surface area contributed by atoms with E-state index in [0.29, 0.717) is 5.91 Å². The minimum Gasteiger partial charge on any atom is -0.340 e. The van der Waals surface area contributed by atoms with Crippen LogP contribution >= 0.6 is 0 Å². The molecule has 0 saturated carbocycles. The van der Waals surface area contributed by atoms with Crippen LogP contribution in [0, 0.1) is 5.92 Å². The van der Waals surface area contributed by atoms with Crippen molar-refractivity contribution >= 4 is 5.91 Å². The van der Waals surface area contributed by atoms with E-state index in [2.05, 4.69) is 50.8 Å². The number of amides is 1. The number of likely N-dealkylation sites (N-methyl/N-ethyl adjacent to an activating group) is 1. The van der Waals surface area contributed by atoms with Gasteiger partial charge in [0.05, 0.1) is 11.9 Å². The van der Waals surface area contributed by atoms with Crippen LogP contribution in [0.3, 0.4) is 0 Å². The van der Waals surface area contributed by atoms with Crippen molar-refractivity contribution in [3.63, 3.8) is 0 Å². The molecule has 2 aliphatic heterocycles. The lowest BCUT2D eigenvalue weighted by atomic mass is 9.94. The molecule has 0 spiro atoms. The second-order valence-corrected chi connectivity index (χ2v) is 9.01. The lowest BCUT2D eigenvalue weighted by Gasteiger charge is -2.37. The Bertz CT molecular complexity index is 1010. The number of hydrogen-bond acceptors (Lipinski definition) is 4. The third-order valence-electron chi connectivity index (χ3n) is 6.81. The Morgan fingerprint density at radius 2 is 1.62 bits per heavy atom. The van der Waals surface area contributed by atoms with Crippen LogP contribution < -0.4 is 0 Å². The summed E-state index contributed by atoms with van der Waals surface area (Å²) in [5.74, 6) is 1.62. The first-order valence-corrected chi connectivity index (χ1v) is 11.6. The highest BCUT2D eigenvalue weighted by Crippen LogP contribution is 2.25. The molecule has 7 nitrogen and oxygen atoms in total. The molecule has 1 amide bonds. The fourth-order valence-electron chi connectivity index (χ4n) is 4.86. The fraction of sp³-hybridized carbons (Fsp3) is 0.440. The molecule has 5 rings (SSSR count). The summed E-state index contributed by atoms with van der Waals surface area (Å²) in [5.41, 5.74) is 2.26. The number of piperazine rings is 1.